The number of alkyl halides is 1. The molecule has 5 heteroatoms. The van der Waals surface area contributed by atoms with E-state index in [0.717, 1.165) is 35.7 Å². The second-order valence-corrected chi connectivity index (χ2v) is 5.36. The topological polar surface area (TPSA) is 29.0 Å². The Morgan fingerprint density at radius 3 is 3.19 bits per heavy atom. The molecule has 0 spiro atoms. The third-order valence-corrected chi connectivity index (χ3v) is 3.76. The van der Waals surface area contributed by atoms with E-state index in [-0.39, 0.29) is 0 Å². The summed E-state index contributed by atoms with van der Waals surface area (Å²) >= 11 is 9.30. The molecule has 1 aromatic rings. The van der Waals surface area contributed by atoms with Crippen LogP contribution in [0.15, 0.2) is 17.0 Å². The zero-order valence-corrected chi connectivity index (χ0v) is 11.4. The van der Waals surface area contributed by atoms with Gasteiger partial charge in [0.15, 0.2) is 0 Å². The molecule has 1 aliphatic rings. The number of aromatic nitrogens is 2. The highest BCUT2D eigenvalue weighted by atomic mass is 79.9. The fraction of sp³-hybridized carbons (Fsp3) is 0.636. The smallest absolute Gasteiger partial charge is 0.146 e. The van der Waals surface area contributed by atoms with E-state index >= 15 is 0 Å². The number of rotatable bonds is 3. The molecule has 16 heavy (non-hydrogen) atoms. The minimum Gasteiger partial charge on any atom is -0.355 e. The first kappa shape index (κ1) is 12.1. The molecular formula is C11H15BrClN3. The van der Waals surface area contributed by atoms with Gasteiger partial charge in [0.05, 0.1) is 4.47 Å². The van der Waals surface area contributed by atoms with Crippen LogP contribution in [-0.2, 0) is 0 Å². The third-order valence-electron chi connectivity index (χ3n) is 2.98. The SMILES string of the molecule is ClCCC1CCCN(c2ncncc2Br)C1. The zero-order valence-electron chi connectivity index (χ0n) is 9.07. The lowest BCUT2D eigenvalue weighted by molar-refractivity contribution is 0.404. The number of anilines is 1. The van der Waals surface area contributed by atoms with Crippen LogP contribution in [0.3, 0.4) is 0 Å². The van der Waals surface area contributed by atoms with Crippen molar-refractivity contribution in [2.45, 2.75) is 19.3 Å². The molecule has 1 fully saturated rings. The Morgan fingerprint density at radius 1 is 1.56 bits per heavy atom. The predicted molar refractivity (Wildman–Crippen MR) is 70.0 cm³/mol. The van der Waals surface area contributed by atoms with Gasteiger partial charge in [-0.05, 0) is 41.1 Å². The minimum absolute atomic E-state index is 0.702. The molecule has 1 unspecified atom stereocenters. The van der Waals surface area contributed by atoms with Crippen LogP contribution in [-0.4, -0.2) is 28.9 Å². The van der Waals surface area contributed by atoms with Crippen LogP contribution >= 0.6 is 27.5 Å². The molecular weight excluding hydrogens is 289 g/mol. The summed E-state index contributed by atoms with van der Waals surface area (Å²) in [4.78, 5) is 10.6. The van der Waals surface area contributed by atoms with E-state index in [4.69, 9.17) is 11.6 Å². The Hall–Kier alpha value is -0.350. The van der Waals surface area contributed by atoms with Crippen molar-refractivity contribution < 1.29 is 0 Å². The maximum absolute atomic E-state index is 5.81. The highest BCUT2D eigenvalue weighted by Gasteiger charge is 2.21. The van der Waals surface area contributed by atoms with E-state index in [1.54, 1.807) is 12.5 Å². The molecule has 1 aliphatic heterocycles. The highest BCUT2D eigenvalue weighted by molar-refractivity contribution is 9.10. The molecule has 88 valence electrons. The first-order valence-corrected chi connectivity index (χ1v) is 6.90. The van der Waals surface area contributed by atoms with Crippen molar-refractivity contribution in [3.63, 3.8) is 0 Å². The number of hydrogen-bond acceptors (Lipinski definition) is 3. The van der Waals surface area contributed by atoms with Crippen LogP contribution in [0.5, 0.6) is 0 Å². The molecule has 0 saturated carbocycles. The molecule has 0 aliphatic carbocycles. The zero-order chi connectivity index (χ0) is 11.4. The average Bonchev–Trinajstić information content (AvgIpc) is 2.30. The standard InChI is InChI=1S/C11H15BrClN3/c12-10-6-14-8-15-11(10)16-5-1-2-9(7-16)3-4-13/h6,8-9H,1-5,7H2. The summed E-state index contributed by atoms with van der Waals surface area (Å²) in [6, 6.07) is 0. The van der Waals surface area contributed by atoms with Gasteiger partial charge in [0, 0.05) is 25.2 Å². The van der Waals surface area contributed by atoms with Crippen LogP contribution in [0.25, 0.3) is 0 Å². The highest BCUT2D eigenvalue weighted by Crippen LogP contribution is 2.28. The summed E-state index contributed by atoms with van der Waals surface area (Å²) in [5, 5.41) is 0. The Kier molecular flexibility index (Phi) is 4.41. The molecule has 0 aromatic carbocycles. The van der Waals surface area contributed by atoms with E-state index in [1.807, 2.05) is 0 Å². The van der Waals surface area contributed by atoms with Crippen LogP contribution in [0.2, 0.25) is 0 Å². The van der Waals surface area contributed by atoms with E-state index in [1.165, 1.54) is 12.8 Å². The van der Waals surface area contributed by atoms with Crippen LogP contribution in [0.4, 0.5) is 5.82 Å². The lowest BCUT2D eigenvalue weighted by Gasteiger charge is -2.33. The van der Waals surface area contributed by atoms with Gasteiger partial charge >= 0.3 is 0 Å². The lowest BCUT2D eigenvalue weighted by atomic mass is 9.96. The first-order valence-electron chi connectivity index (χ1n) is 5.57. The molecule has 0 bridgehead atoms. The summed E-state index contributed by atoms with van der Waals surface area (Å²) in [5.41, 5.74) is 0. The molecule has 1 saturated heterocycles. The van der Waals surface area contributed by atoms with Crippen molar-refractivity contribution >= 4 is 33.3 Å². The second kappa shape index (κ2) is 5.82. The largest absolute Gasteiger partial charge is 0.355 e. The van der Waals surface area contributed by atoms with Gasteiger partial charge in [-0.2, -0.15) is 0 Å². The van der Waals surface area contributed by atoms with Gasteiger partial charge in [-0.1, -0.05) is 0 Å². The van der Waals surface area contributed by atoms with Gasteiger partial charge in [0.2, 0.25) is 0 Å². The number of hydrogen-bond donors (Lipinski definition) is 0. The van der Waals surface area contributed by atoms with Crippen molar-refractivity contribution in [1.29, 1.82) is 0 Å². The van der Waals surface area contributed by atoms with Crippen LogP contribution in [0.1, 0.15) is 19.3 Å². The summed E-state index contributed by atoms with van der Waals surface area (Å²) in [6.45, 7) is 2.14. The molecule has 2 heterocycles. The van der Waals surface area contributed by atoms with E-state index in [0.29, 0.717) is 5.92 Å². The number of piperidine rings is 1. The molecule has 1 atom stereocenters. The Labute approximate surface area is 109 Å². The molecule has 2 rings (SSSR count). The summed E-state index contributed by atoms with van der Waals surface area (Å²) in [7, 11) is 0. The van der Waals surface area contributed by atoms with Crippen molar-refractivity contribution in [2.75, 3.05) is 23.9 Å². The second-order valence-electron chi connectivity index (χ2n) is 4.13. The van der Waals surface area contributed by atoms with Gasteiger partial charge in [0.1, 0.15) is 12.1 Å². The summed E-state index contributed by atoms with van der Waals surface area (Å²) in [6.07, 6.45) is 7.00. The fourth-order valence-corrected chi connectivity index (χ4v) is 2.97. The quantitative estimate of drug-likeness (QED) is 0.804. The van der Waals surface area contributed by atoms with Crippen molar-refractivity contribution in [3.8, 4) is 0 Å². The number of nitrogens with zero attached hydrogens (tertiary/aromatic N) is 3. The molecule has 0 amide bonds. The fourth-order valence-electron chi connectivity index (χ4n) is 2.19. The average molecular weight is 305 g/mol. The molecule has 3 nitrogen and oxygen atoms in total. The van der Waals surface area contributed by atoms with Crippen LogP contribution < -0.4 is 4.90 Å². The predicted octanol–water partition coefficient (Wildman–Crippen LogP) is 3.08. The summed E-state index contributed by atoms with van der Waals surface area (Å²) in [5.74, 6) is 2.46. The monoisotopic (exact) mass is 303 g/mol. The maximum atomic E-state index is 5.81. The molecule has 1 aromatic heterocycles. The molecule has 0 N–H and O–H groups in total. The maximum Gasteiger partial charge on any atom is 0.146 e. The van der Waals surface area contributed by atoms with Crippen molar-refractivity contribution in [1.82, 2.24) is 9.97 Å². The lowest BCUT2D eigenvalue weighted by Crippen LogP contribution is -2.36. The van der Waals surface area contributed by atoms with E-state index < -0.39 is 0 Å². The van der Waals surface area contributed by atoms with E-state index in [2.05, 4.69) is 30.8 Å². The van der Waals surface area contributed by atoms with Gasteiger partial charge in [-0.25, -0.2) is 9.97 Å². The van der Waals surface area contributed by atoms with Crippen molar-refractivity contribution in [2.24, 2.45) is 5.92 Å². The van der Waals surface area contributed by atoms with Gasteiger partial charge in [-0.15, -0.1) is 11.6 Å². The Bertz CT molecular complexity index is 346. The van der Waals surface area contributed by atoms with Gasteiger partial charge < -0.3 is 4.90 Å². The first-order chi connectivity index (χ1) is 7.81. The molecule has 0 radical (unpaired) electrons. The number of halogens is 2. The van der Waals surface area contributed by atoms with Gasteiger partial charge in [-0.3, -0.25) is 0 Å². The Balaban J connectivity index is 2.07. The minimum atomic E-state index is 0.702. The van der Waals surface area contributed by atoms with Crippen molar-refractivity contribution in [3.05, 3.63) is 17.0 Å². The summed E-state index contributed by atoms with van der Waals surface area (Å²) < 4.78 is 0.974. The third kappa shape index (κ3) is 2.86. The van der Waals surface area contributed by atoms with E-state index in [9.17, 15) is 0 Å². The normalized spacial score (nSPS) is 21.1. The van der Waals surface area contributed by atoms with Crippen LogP contribution in [0, 0.1) is 5.92 Å². The Morgan fingerprint density at radius 2 is 2.44 bits per heavy atom. The van der Waals surface area contributed by atoms with Gasteiger partial charge in [0.25, 0.3) is 0 Å².